The van der Waals surface area contributed by atoms with Gasteiger partial charge in [0.25, 0.3) is 0 Å². The molecule has 0 aromatic carbocycles. The Morgan fingerprint density at radius 3 is 1.26 bits per heavy atom. The summed E-state index contributed by atoms with van der Waals surface area (Å²) in [7, 11) is -5.60. The molecule has 0 radical (unpaired) electrons. The van der Waals surface area contributed by atoms with E-state index >= 15 is 0 Å². The maximum Gasteiger partial charge on any atom is 0.524 e. The maximum atomic E-state index is 10.8. The molecule has 0 spiro atoms. The minimum absolute atomic E-state index is 0.123. The molecule has 0 heterocycles. The van der Waals surface area contributed by atoms with Crippen molar-refractivity contribution in [3.05, 3.63) is 0 Å². The molecule has 0 aliphatic carbocycles. The van der Waals surface area contributed by atoms with Crippen LogP contribution in [0.2, 0.25) is 0 Å². The van der Waals surface area contributed by atoms with Crippen molar-refractivity contribution in [1.82, 2.24) is 5.32 Å². The summed E-state index contributed by atoms with van der Waals surface area (Å²) in [6, 6.07) is 0. The van der Waals surface area contributed by atoms with Crippen LogP contribution in [0.4, 0.5) is 4.79 Å². The van der Waals surface area contributed by atoms with Gasteiger partial charge in [0.05, 0.1) is 5.67 Å². The smallest absolute Gasteiger partial charge is 0.465 e. The molecule has 4 N–H and O–H groups in total. The van der Waals surface area contributed by atoms with Crippen LogP contribution in [-0.4, -0.2) is 79.8 Å². The van der Waals surface area contributed by atoms with Gasteiger partial charge in [-0.15, -0.1) is 0 Å². The average molecular weight is 487 g/mol. The molecular formula is C19H46N2O8Si2. The molecule has 0 bridgehead atoms. The first kappa shape index (κ1) is 32.6. The van der Waals surface area contributed by atoms with Crippen LogP contribution >= 0.6 is 0 Å². The van der Waals surface area contributed by atoms with Gasteiger partial charge in [0.2, 0.25) is 0 Å². The fourth-order valence-electron chi connectivity index (χ4n) is 2.92. The van der Waals surface area contributed by atoms with Crippen LogP contribution in [-0.2, 0) is 26.6 Å². The number of carboxylic acid groups (broad SMARTS) is 1. The Morgan fingerprint density at radius 1 is 0.710 bits per heavy atom. The van der Waals surface area contributed by atoms with Crippen molar-refractivity contribution in [3.63, 3.8) is 0 Å². The molecule has 0 saturated heterocycles. The SMILES string of the molecule is CCO[Si](OCC)(OCC)C(CC)NC(=O)O.CCO[Si](OCC)(OCC)C(N)CC. The minimum atomic E-state index is -2.98. The van der Waals surface area contributed by atoms with E-state index in [1.54, 1.807) is 0 Å². The minimum Gasteiger partial charge on any atom is -0.465 e. The fraction of sp³-hybridized carbons (Fsp3) is 0.947. The van der Waals surface area contributed by atoms with E-state index in [1.165, 1.54) is 0 Å². The van der Waals surface area contributed by atoms with Gasteiger partial charge in [-0.2, -0.15) is 0 Å². The van der Waals surface area contributed by atoms with Crippen LogP contribution in [0.15, 0.2) is 0 Å². The van der Waals surface area contributed by atoms with E-state index in [-0.39, 0.29) is 5.67 Å². The maximum absolute atomic E-state index is 10.8. The van der Waals surface area contributed by atoms with Gasteiger partial charge in [-0.3, -0.25) is 0 Å². The first-order valence-corrected chi connectivity index (χ1v) is 14.9. The quantitative estimate of drug-likeness (QED) is 0.266. The predicted molar refractivity (Wildman–Crippen MR) is 125 cm³/mol. The summed E-state index contributed by atoms with van der Waals surface area (Å²) in [6.07, 6.45) is 0.290. The van der Waals surface area contributed by atoms with Crippen LogP contribution in [0, 0.1) is 0 Å². The monoisotopic (exact) mass is 486 g/mol. The first-order chi connectivity index (χ1) is 14.7. The predicted octanol–water partition coefficient (Wildman–Crippen LogP) is 2.93. The normalized spacial score (nSPS) is 13.8. The zero-order chi connectivity index (χ0) is 24.3. The Morgan fingerprint density at radius 2 is 1.03 bits per heavy atom. The number of nitrogens with one attached hydrogen (secondary N) is 1. The van der Waals surface area contributed by atoms with Gasteiger partial charge in [-0.25, -0.2) is 4.79 Å². The largest absolute Gasteiger partial charge is 0.524 e. The van der Waals surface area contributed by atoms with Crippen LogP contribution in [0.25, 0.3) is 0 Å². The second kappa shape index (κ2) is 18.9. The van der Waals surface area contributed by atoms with Gasteiger partial charge in [0.15, 0.2) is 0 Å². The number of amides is 1. The van der Waals surface area contributed by atoms with Crippen molar-refractivity contribution in [1.29, 1.82) is 0 Å². The summed E-state index contributed by atoms with van der Waals surface area (Å²) >= 11 is 0. The molecule has 188 valence electrons. The third kappa shape index (κ3) is 11.7. The van der Waals surface area contributed by atoms with E-state index in [2.05, 4.69) is 5.32 Å². The molecule has 10 nitrogen and oxygen atoms in total. The molecule has 2 unspecified atom stereocenters. The molecule has 0 saturated carbocycles. The van der Waals surface area contributed by atoms with Crippen molar-refractivity contribution in [2.24, 2.45) is 5.73 Å². The summed E-state index contributed by atoms with van der Waals surface area (Å²) in [5.41, 5.74) is 5.44. The molecule has 0 aliphatic rings. The molecule has 2 atom stereocenters. The highest BCUT2D eigenvalue weighted by Crippen LogP contribution is 2.18. The number of hydrogen-bond donors (Lipinski definition) is 3. The standard InChI is InChI=1S/C10H23NO5Si.C9H23NO3Si/c1-5-9(11-10(12)13)17(14-6-2,15-7-3)16-8-4;1-5-9(10)14(11-6-2,12-7-3)13-8-4/h9,11H,5-8H2,1-4H3,(H,12,13);9H,5-8,10H2,1-4H3. The van der Waals surface area contributed by atoms with Crippen LogP contribution in [0.5, 0.6) is 0 Å². The summed E-state index contributed by atoms with van der Waals surface area (Å²) in [5, 5.41) is 11.3. The third-order valence-corrected chi connectivity index (χ3v) is 11.0. The van der Waals surface area contributed by atoms with Crippen molar-refractivity contribution in [3.8, 4) is 0 Å². The number of hydrogen-bond acceptors (Lipinski definition) is 8. The fourth-order valence-corrected chi connectivity index (χ4v) is 8.38. The van der Waals surface area contributed by atoms with E-state index in [9.17, 15) is 4.79 Å². The Kier molecular flexibility index (Phi) is 19.9. The van der Waals surface area contributed by atoms with Gasteiger partial charge in [-0.1, -0.05) is 13.8 Å². The molecule has 31 heavy (non-hydrogen) atoms. The van der Waals surface area contributed by atoms with Gasteiger partial charge in [0, 0.05) is 39.6 Å². The average Bonchev–Trinajstić information content (AvgIpc) is 2.72. The number of rotatable bonds is 17. The Labute approximate surface area is 190 Å². The summed E-state index contributed by atoms with van der Waals surface area (Å²) in [4.78, 5) is 10.8. The van der Waals surface area contributed by atoms with E-state index in [1.807, 2.05) is 55.4 Å². The highest BCUT2D eigenvalue weighted by atomic mass is 28.4. The molecular weight excluding hydrogens is 440 g/mol. The zero-order valence-corrected chi connectivity index (χ0v) is 22.7. The van der Waals surface area contributed by atoms with E-state index in [4.69, 9.17) is 37.4 Å². The van der Waals surface area contributed by atoms with Gasteiger partial charge in [0.1, 0.15) is 5.67 Å². The van der Waals surface area contributed by atoms with Crippen LogP contribution in [0.3, 0.4) is 0 Å². The lowest BCUT2D eigenvalue weighted by atomic mass is 10.5. The van der Waals surface area contributed by atoms with E-state index < -0.39 is 29.4 Å². The second-order valence-electron chi connectivity index (χ2n) is 6.23. The van der Waals surface area contributed by atoms with Gasteiger partial charge < -0.3 is 42.7 Å². The lowest BCUT2D eigenvalue weighted by Crippen LogP contribution is -2.62. The molecule has 0 aliphatic heterocycles. The lowest BCUT2D eigenvalue weighted by Gasteiger charge is -2.34. The zero-order valence-electron chi connectivity index (χ0n) is 20.7. The third-order valence-electron chi connectivity index (χ3n) is 4.10. The van der Waals surface area contributed by atoms with Crippen LogP contribution in [0.1, 0.15) is 68.2 Å². The van der Waals surface area contributed by atoms with Crippen molar-refractivity contribution in [2.45, 2.75) is 79.6 Å². The molecule has 0 rings (SSSR count). The van der Waals surface area contributed by atoms with Gasteiger partial charge >= 0.3 is 23.7 Å². The molecule has 12 heteroatoms. The van der Waals surface area contributed by atoms with Gasteiger partial charge in [-0.05, 0) is 54.4 Å². The second-order valence-corrected chi connectivity index (χ2v) is 11.8. The van der Waals surface area contributed by atoms with E-state index in [0.717, 1.165) is 6.42 Å². The Hall–Kier alpha value is -0.576. The summed E-state index contributed by atoms with van der Waals surface area (Å²) in [6.45, 7) is 18.3. The summed E-state index contributed by atoms with van der Waals surface area (Å²) in [5.74, 6) is 0. The topological polar surface area (TPSA) is 131 Å². The van der Waals surface area contributed by atoms with Crippen molar-refractivity contribution < 1.29 is 36.5 Å². The number of carbonyl (C=O) groups is 1. The highest BCUT2D eigenvalue weighted by molar-refractivity contribution is 6.63. The Balaban J connectivity index is 0. The summed E-state index contributed by atoms with van der Waals surface area (Å²) < 4.78 is 33.8. The molecule has 0 aromatic rings. The van der Waals surface area contributed by atoms with E-state index in [0.29, 0.717) is 46.1 Å². The highest BCUT2D eigenvalue weighted by Gasteiger charge is 2.49. The van der Waals surface area contributed by atoms with Crippen LogP contribution < -0.4 is 11.1 Å². The van der Waals surface area contributed by atoms with Crippen molar-refractivity contribution >= 4 is 23.7 Å². The molecule has 0 aromatic heterocycles. The molecule has 1 amide bonds. The van der Waals surface area contributed by atoms with Crippen molar-refractivity contribution in [2.75, 3.05) is 39.6 Å². The lowest BCUT2D eigenvalue weighted by molar-refractivity contribution is 0.0569. The Bertz CT molecular complexity index is 415. The number of nitrogens with two attached hydrogens (primary N) is 1. The first-order valence-electron chi connectivity index (χ1n) is 11.3. The molecule has 0 fully saturated rings.